The van der Waals surface area contributed by atoms with E-state index in [-0.39, 0.29) is 30.3 Å². The molecule has 4 aromatic rings. The van der Waals surface area contributed by atoms with E-state index in [2.05, 4.69) is 84.9 Å². The van der Waals surface area contributed by atoms with Gasteiger partial charge in [-0.1, -0.05) is 121 Å². The minimum Gasteiger partial charge on any atom is -0.368 e. The van der Waals surface area contributed by atoms with Crippen LogP contribution in [0, 0.1) is 11.8 Å². The monoisotopic (exact) mass is 492 g/mol. The predicted molar refractivity (Wildman–Crippen MR) is 143 cm³/mol. The molecule has 4 heteroatoms. The summed E-state index contributed by atoms with van der Waals surface area (Å²) >= 11 is 0. The van der Waals surface area contributed by atoms with Crippen LogP contribution in [-0.4, -0.2) is 32.2 Å². The number of rotatable bonds is 10. The summed E-state index contributed by atoms with van der Waals surface area (Å²) < 4.78 is 25.3. The first kappa shape index (κ1) is 24.1. The number of hydrogen-bond donors (Lipinski definition) is 0. The van der Waals surface area contributed by atoms with Crippen molar-refractivity contribution in [2.75, 3.05) is 13.7 Å². The first-order valence-corrected chi connectivity index (χ1v) is 13.0. The Labute approximate surface area is 218 Å². The maximum atomic E-state index is 7.05. The van der Waals surface area contributed by atoms with E-state index in [1.54, 1.807) is 7.11 Å². The highest BCUT2D eigenvalue weighted by molar-refractivity contribution is 5.47. The summed E-state index contributed by atoms with van der Waals surface area (Å²) in [7, 11) is 1.69. The fourth-order valence-electron chi connectivity index (χ4n) is 5.75. The Morgan fingerprint density at radius 2 is 1.16 bits per heavy atom. The van der Waals surface area contributed by atoms with Gasteiger partial charge in [-0.05, 0) is 22.3 Å². The van der Waals surface area contributed by atoms with Crippen LogP contribution in [0.3, 0.4) is 0 Å². The fourth-order valence-corrected chi connectivity index (χ4v) is 5.75. The Morgan fingerprint density at radius 3 is 1.65 bits per heavy atom. The highest BCUT2D eigenvalue weighted by atomic mass is 16.7. The van der Waals surface area contributed by atoms with E-state index in [4.69, 9.17) is 18.9 Å². The van der Waals surface area contributed by atoms with Gasteiger partial charge in [-0.3, -0.25) is 0 Å². The maximum Gasteiger partial charge on any atom is 0.184 e. The van der Waals surface area contributed by atoms with Crippen LogP contribution >= 0.6 is 0 Å². The largest absolute Gasteiger partial charge is 0.368 e. The van der Waals surface area contributed by atoms with Crippen molar-refractivity contribution >= 4 is 0 Å². The van der Waals surface area contributed by atoms with Gasteiger partial charge in [0.15, 0.2) is 6.29 Å². The highest BCUT2D eigenvalue weighted by Crippen LogP contribution is 2.54. The van der Waals surface area contributed by atoms with E-state index < -0.39 is 5.60 Å². The lowest BCUT2D eigenvalue weighted by atomic mass is 9.80. The van der Waals surface area contributed by atoms with Crippen LogP contribution in [0.4, 0.5) is 0 Å². The van der Waals surface area contributed by atoms with Crippen LogP contribution in [0.2, 0.25) is 0 Å². The van der Waals surface area contributed by atoms with Gasteiger partial charge >= 0.3 is 0 Å². The molecule has 0 bridgehead atoms. The van der Waals surface area contributed by atoms with Crippen molar-refractivity contribution in [2.45, 2.75) is 30.7 Å². The zero-order chi connectivity index (χ0) is 25.1. The van der Waals surface area contributed by atoms with Crippen molar-refractivity contribution in [3.05, 3.63) is 144 Å². The van der Waals surface area contributed by atoms with Gasteiger partial charge in [0, 0.05) is 18.9 Å². The first-order valence-electron chi connectivity index (χ1n) is 13.0. The van der Waals surface area contributed by atoms with Gasteiger partial charge in [-0.2, -0.15) is 0 Å². The molecular weight excluding hydrogens is 460 g/mol. The number of benzene rings is 4. The van der Waals surface area contributed by atoms with Crippen LogP contribution in [-0.2, 0) is 31.2 Å². The predicted octanol–water partition coefficient (Wildman–Crippen LogP) is 6.20. The summed E-state index contributed by atoms with van der Waals surface area (Å²) in [5, 5.41) is 0. The smallest absolute Gasteiger partial charge is 0.184 e. The summed E-state index contributed by atoms with van der Waals surface area (Å²) in [5.74, 6) is 0.483. The number of methoxy groups -OCH3 is 1. The van der Waals surface area contributed by atoms with Crippen molar-refractivity contribution in [3.8, 4) is 0 Å². The molecule has 0 spiro atoms. The lowest BCUT2D eigenvalue weighted by molar-refractivity contribution is -0.181. The lowest BCUT2D eigenvalue weighted by Gasteiger charge is -2.36. The van der Waals surface area contributed by atoms with Gasteiger partial charge < -0.3 is 18.9 Å². The molecule has 4 nitrogen and oxygen atoms in total. The van der Waals surface area contributed by atoms with E-state index in [0.29, 0.717) is 13.2 Å². The van der Waals surface area contributed by atoms with Crippen molar-refractivity contribution < 1.29 is 18.9 Å². The standard InChI is InChI=1S/C33H32O4/c1-34-32-31(35-22-24-14-6-2-7-15-24)29-28(30(29)37-32)23-36-33(25-16-8-3-9-17-25,26-18-10-4-11-19-26)27-20-12-5-13-21-27/h2-21,28-32H,22-23H2,1H3/t28-,29-,30+,31+,32-/m0/s1. The zero-order valence-electron chi connectivity index (χ0n) is 21.0. The van der Waals surface area contributed by atoms with Crippen LogP contribution in [0.5, 0.6) is 0 Å². The molecule has 2 fully saturated rings. The molecule has 188 valence electrons. The Kier molecular flexibility index (Phi) is 6.90. The Morgan fingerprint density at radius 1 is 0.676 bits per heavy atom. The molecule has 37 heavy (non-hydrogen) atoms. The summed E-state index contributed by atoms with van der Waals surface area (Å²) in [5.41, 5.74) is 3.72. The number of fused-ring (bicyclic) bond motifs is 1. The molecular formula is C33H32O4. The molecule has 0 radical (unpaired) electrons. The van der Waals surface area contributed by atoms with Gasteiger partial charge in [0.2, 0.25) is 0 Å². The summed E-state index contributed by atoms with van der Waals surface area (Å²) in [4.78, 5) is 0. The Bertz CT molecular complexity index is 1170. The summed E-state index contributed by atoms with van der Waals surface area (Å²) in [6.45, 7) is 1.09. The van der Waals surface area contributed by atoms with E-state index in [9.17, 15) is 0 Å². The number of ether oxygens (including phenoxy) is 4. The molecule has 0 aromatic heterocycles. The van der Waals surface area contributed by atoms with Gasteiger partial charge in [0.25, 0.3) is 0 Å². The zero-order valence-corrected chi connectivity index (χ0v) is 21.0. The third kappa shape index (κ3) is 4.62. The summed E-state index contributed by atoms with van der Waals surface area (Å²) in [6, 6.07) is 41.7. The topological polar surface area (TPSA) is 36.9 Å². The Balaban J connectivity index is 1.27. The van der Waals surface area contributed by atoms with Crippen LogP contribution in [0.25, 0.3) is 0 Å². The van der Waals surface area contributed by atoms with Crippen molar-refractivity contribution in [1.29, 1.82) is 0 Å². The molecule has 0 unspecified atom stereocenters. The Hall–Kier alpha value is -3.28. The number of hydrogen-bond acceptors (Lipinski definition) is 4. The molecule has 1 heterocycles. The molecule has 6 rings (SSSR count). The molecule has 0 N–H and O–H groups in total. The second-order valence-electron chi connectivity index (χ2n) is 9.80. The molecule has 1 saturated heterocycles. The van der Waals surface area contributed by atoms with Crippen LogP contribution in [0.1, 0.15) is 22.3 Å². The van der Waals surface area contributed by atoms with Crippen molar-refractivity contribution in [1.82, 2.24) is 0 Å². The minimum absolute atomic E-state index is 0.0748. The SMILES string of the molecule is CO[C@H]1O[C@@H]2[C@@H](COC(c3ccccc3)(c3ccccc3)c3ccccc3)[C@@H]2[C@H]1OCc1ccccc1. The van der Waals surface area contributed by atoms with Gasteiger partial charge in [0.1, 0.15) is 11.7 Å². The lowest BCUT2D eigenvalue weighted by Crippen LogP contribution is -2.36. The molecule has 1 aliphatic carbocycles. The molecule has 1 aliphatic heterocycles. The third-order valence-electron chi connectivity index (χ3n) is 7.64. The quantitative estimate of drug-likeness (QED) is 0.247. The van der Waals surface area contributed by atoms with Gasteiger partial charge in [-0.15, -0.1) is 0 Å². The molecule has 4 aromatic carbocycles. The minimum atomic E-state index is -0.734. The normalized spacial score (nSPS) is 24.5. The van der Waals surface area contributed by atoms with E-state index >= 15 is 0 Å². The first-order chi connectivity index (χ1) is 18.3. The molecule has 1 saturated carbocycles. The van der Waals surface area contributed by atoms with Crippen molar-refractivity contribution in [3.63, 3.8) is 0 Å². The summed E-state index contributed by atoms with van der Waals surface area (Å²) in [6.07, 6.45) is -0.397. The average Bonchev–Trinajstić information content (AvgIpc) is 3.52. The maximum absolute atomic E-state index is 7.05. The van der Waals surface area contributed by atoms with Crippen LogP contribution < -0.4 is 0 Å². The second-order valence-corrected chi connectivity index (χ2v) is 9.80. The van der Waals surface area contributed by atoms with E-state index in [1.807, 2.05) is 36.4 Å². The van der Waals surface area contributed by atoms with Crippen molar-refractivity contribution in [2.24, 2.45) is 11.8 Å². The molecule has 0 amide bonds. The highest BCUT2D eigenvalue weighted by Gasteiger charge is 2.65. The average molecular weight is 493 g/mol. The van der Waals surface area contributed by atoms with Gasteiger partial charge in [0.05, 0.1) is 19.3 Å². The van der Waals surface area contributed by atoms with E-state index in [0.717, 1.165) is 22.3 Å². The van der Waals surface area contributed by atoms with Gasteiger partial charge in [-0.25, -0.2) is 0 Å². The third-order valence-corrected chi connectivity index (χ3v) is 7.64. The van der Waals surface area contributed by atoms with Crippen LogP contribution in [0.15, 0.2) is 121 Å². The van der Waals surface area contributed by atoms with E-state index in [1.165, 1.54) is 0 Å². The molecule has 2 aliphatic rings. The second kappa shape index (κ2) is 10.6. The molecule has 5 atom stereocenters. The fraction of sp³-hybridized carbons (Fsp3) is 0.273.